The van der Waals surface area contributed by atoms with Crippen molar-refractivity contribution in [2.75, 3.05) is 0 Å². The molecule has 0 amide bonds. The van der Waals surface area contributed by atoms with Gasteiger partial charge >= 0.3 is 18.9 Å². The smallest absolute Gasteiger partial charge is 0.852 e. The molecule has 1 nitrogen and oxygen atoms in total. The predicted molar refractivity (Wildman–Crippen MR) is 121 cm³/mol. The standard InChI is InChI=1S/C28H43O.Li/c1-18(2)19(3)7-8-20(4)24-11-12-25-23-10-9-21-17-22(29)13-15-27(21,5)26(23)14-16-28(24,25)6;/h7-10,18-20,22,24-26H,11-17H2,1-6H3;/q-1;+1/b8-7+;/t19-,20+,22?,24+,25?,26?,27-,28+;/m0./s1. The van der Waals surface area contributed by atoms with Gasteiger partial charge in [0.1, 0.15) is 0 Å². The van der Waals surface area contributed by atoms with Crippen LogP contribution in [0.2, 0.25) is 0 Å². The first-order chi connectivity index (χ1) is 13.7. The first kappa shape index (κ1) is 24.4. The monoisotopic (exact) mass is 402 g/mol. The van der Waals surface area contributed by atoms with Crippen LogP contribution < -0.4 is 24.0 Å². The Kier molecular flexibility index (Phi) is 7.29. The normalized spacial score (nSPS) is 42.5. The summed E-state index contributed by atoms with van der Waals surface area (Å²) in [7, 11) is 0. The van der Waals surface area contributed by atoms with E-state index in [1.807, 2.05) is 0 Å². The van der Waals surface area contributed by atoms with Crippen LogP contribution in [0.5, 0.6) is 0 Å². The molecule has 0 aromatic rings. The van der Waals surface area contributed by atoms with Crippen LogP contribution in [-0.2, 0) is 0 Å². The minimum Gasteiger partial charge on any atom is -0.852 e. The summed E-state index contributed by atoms with van der Waals surface area (Å²) in [6, 6.07) is 0. The van der Waals surface area contributed by atoms with E-state index in [9.17, 15) is 5.11 Å². The third kappa shape index (κ3) is 3.98. The van der Waals surface area contributed by atoms with Crippen molar-refractivity contribution >= 4 is 0 Å². The van der Waals surface area contributed by atoms with Gasteiger partial charge in [0, 0.05) is 0 Å². The van der Waals surface area contributed by atoms with Crippen molar-refractivity contribution in [3.8, 4) is 0 Å². The van der Waals surface area contributed by atoms with Gasteiger partial charge in [-0.3, -0.25) is 0 Å². The van der Waals surface area contributed by atoms with Gasteiger partial charge in [0.05, 0.1) is 0 Å². The van der Waals surface area contributed by atoms with Crippen LogP contribution in [0.1, 0.15) is 86.5 Å². The topological polar surface area (TPSA) is 23.1 Å². The quantitative estimate of drug-likeness (QED) is 0.519. The Balaban J connectivity index is 0.00000256. The van der Waals surface area contributed by atoms with Crippen LogP contribution in [0.4, 0.5) is 0 Å². The summed E-state index contributed by atoms with van der Waals surface area (Å²) in [4.78, 5) is 0. The molecular weight excluding hydrogens is 359 g/mol. The molecule has 4 rings (SSSR count). The number of hydrogen-bond donors (Lipinski definition) is 0. The van der Waals surface area contributed by atoms with Gasteiger partial charge in [0.25, 0.3) is 0 Å². The van der Waals surface area contributed by atoms with Crippen LogP contribution in [0.25, 0.3) is 0 Å². The average Bonchev–Trinajstić information content (AvgIpc) is 3.03. The van der Waals surface area contributed by atoms with Gasteiger partial charge in [-0.05, 0) is 84.9 Å². The molecule has 0 aromatic carbocycles. The molecule has 0 bridgehead atoms. The summed E-state index contributed by atoms with van der Waals surface area (Å²) in [5.41, 5.74) is 3.94. The second kappa shape index (κ2) is 8.96. The molecule has 4 aliphatic rings. The Morgan fingerprint density at radius 2 is 1.67 bits per heavy atom. The van der Waals surface area contributed by atoms with Gasteiger partial charge in [-0.15, -0.1) is 6.10 Å². The largest absolute Gasteiger partial charge is 1.00 e. The van der Waals surface area contributed by atoms with Crippen LogP contribution in [0.3, 0.4) is 0 Å². The Morgan fingerprint density at radius 1 is 0.933 bits per heavy atom. The average molecular weight is 403 g/mol. The van der Waals surface area contributed by atoms with Crippen molar-refractivity contribution in [2.45, 2.75) is 92.6 Å². The zero-order valence-corrected chi connectivity index (χ0v) is 20.7. The molecular formula is C28H43LiO. The Hall–Kier alpha value is -0.223. The molecule has 8 atom stereocenters. The molecule has 30 heavy (non-hydrogen) atoms. The molecule has 0 radical (unpaired) electrons. The van der Waals surface area contributed by atoms with E-state index in [1.165, 1.54) is 31.3 Å². The fraction of sp³-hybridized carbons (Fsp3) is 0.786. The van der Waals surface area contributed by atoms with Gasteiger partial charge in [-0.25, -0.2) is 0 Å². The molecule has 4 aliphatic carbocycles. The fourth-order valence-electron chi connectivity index (χ4n) is 7.58. The first-order valence-corrected chi connectivity index (χ1v) is 12.4. The third-order valence-corrected chi connectivity index (χ3v) is 10.0. The molecule has 0 N–H and O–H groups in total. The number of fused-ring (bicyclic) bond motifs is 5. The number of hydrogen-bond acceptors (Lipinski definition) is 1. The van der Waals surface area contributed by atoms with Crippen LogP contribution >= 0.6 is 0 Å². The maximum atomic E-state index is 12.1. The van der Waals surface area contributed by atoms with Crippen molar-refractivity contribution in [1.82, 2.24) is 0 Å². The molecule has 0 heterocycles. The van der Waals surface area contributed by atoms with Crippen LogP contribution in [0.15, 0.2) is 35.5 Å². The van der Waals surface area contributed by atoms with Gasteiger partial charge in [0.2, 0.25) is 0 Å². The predicted octanol–water partition coefficient (Wildman–Crippen LogP) is 3.70. The fourth-order valence-corrected chi connectivity index (χ4v) is 7.58. The van der Waals surface area contributed by atoms with Crippen molar-refractivity contribution in [3.63, 3.8) is 0 Å². The summed E-state index contributed by atoms with van der Waals surface area (Å²) in [5, 5.41) is 12.1. The SMILES string of the molecule is CC(C)[C@@H](C)/C=C/[C@@H](C)[C@H]1CCC2C3=CC=C4CC([O-])CC[C@]4(C)C3CC[C@@]21C.[Li+]. The summed E-state index contributed by atoms with van der Waals surface area (Å²) < 4.78 is 0. The number of rotatable bonds is 4. The molecule has 0 aromatic heterocycles. The minimum absolute atomic E-state index is 0. The van der Waals surface area contributed by atoms with Crippen LogP contribution in [-0.4, -0.2) is 6.10 Å². The van der Waals surface area contributed by atoms with E-state index in [0.29, 0.717) is 23.2 Å². The Morgan fingerprint density at radius 3 is 2.37 bits per heavy atom. The summed E-state index contributed by atoms with van der Waals surface area (Å²) in [5.74, 6) is 4.31. The van der Waals surface area contributed by atoms with E-state index in [-0.39, 0.29) is 30.4 Å². The van der Waals surface area contributed by atoms with Crippen molar-refractivity contribution < 1.29 is 24.0 Å². The summed E-state index contributed by atoms with van der Waals surface area (Å²) in [6.45, 7) is 14.6. The van der Waals surface area contributed by atoms with Gasteiger partial charge in [0.15, 0.2) is 0 Å². The number of allylic oxidation sites excluding steroid dienone is 5. The van der Waals surface area contributed by atoms with E-state index in [2.05, 4.69) is 65.8 Å². The summed E-state index contributed by atoms with van der Waals surface area (Å²) in [6.07, 6.45) is 17.7. The molecule has 3 unspecified atom stereocenters. The second-order valence-corrected chi connectivity index (χ2v) is 11.8. The molecule has 3 saturated carbocycles. The van der Waals surface area contributed by atoms with E-state index in [0.717, 1.165) is 37.0 Å². The summed E-state index contributed by atoms with van der Waals surface area (Å²) >= 11 is 0. The van der Waals surface area contributed by atoms with E-state index < -0.39 is 0 Å². The van der Waals surface area contributed by atoms with E-state index in [1.54, 1.807) is 5.57 Å². The van der Waals surface area contributed by atoms with Crippen molar-refractivity contribution in [2.24, 2.45) is 46.3 Å². The maximum Gasteiger partial charge on any atom is 1.00 e. The maximum absolute atomic E-state index is 12.1. The molecule has 0 spiro atoms. The van der Waals surface area contributed by atoms with Gasteiger partial charge in [-0.2, -0.15) is 0 Å². The van der Waals surface area contributed by atoms with E-state index >= 15 is 0 Å². The van der Waals surface area contributed by atoms with Gasteiger partial charge in [-0.1, -0.05) is 83.4 Å². The molecule has 162 valence electrons. The molecule has 2 heteroatoms. The molecule has 0 aliphatic heterocycles. The van der Waals surface area contributed by atoms with Crippen molar-refractivity contribution in [1.29, 1.82) is 0 Å². The minimum atomic E-state index is -0.366. The first-order valence-electron chi connectivity index (χ1n) is 12.4. The second-order valence-electron chi connectivity index (χ2n) is 11.8. The van der Waals surface area contributed by atoms with E-state index in [4.69, 9.17) is 0 Å². The van der Waals surface area contributed by atoms with Crippen molar-refractivity contribution in [3.05, 3.63) is 35.5 Å². The Bertz CT molecular complexity index is 718. The zero-order chi connectivity index (χ0) is 21.0. The van der Waals surface area contributed by atoms with Crippen LogP contribution in [0, 0.1) is 46.3 Å². The third-order valence-electron chi connectivity index (χ3n) is 10.0. The zero-order valence-electron chi connectivity index (χ0n) is 20.7. The molecule has 3 fully saturated rings. The Labute approximate surface area is 198 Å². The van der Waals surface area contributed by atoms with Gasteiger partial charge < -0.3 is 5.11 Å². The molecule has 0 saturated heterocycles.